The first-order valence-electron chi connectivity index (χ1n) is 6.56. The smallest absolute Gasteiger partial charge is 0.236 e. The molecule has 0 aliphatic carbocycles. The summed E-state index contributed by atoms with van der Waals surface area (Å²) in [5, 5.41) is 0.305. The van der Waals surface area contributed by atoms with E-state index in [-0.39, 0.29) is 6.54 Å². The van der Waals surface area contributed by atoms with Crippen LogP contribution in [0.4, 0.5) is 5.69 Å². The molecule has 0 spiro atoms. The zero-order valence-electron chi connectivity index (χ0n) is 11.6. The van der Waals surface area contributed by atoms with Gasteiger partial charge in [-0.15, -0.1) is 0 Å². The second kappa shape index (κ2) is 5.76. The molecule has 20 heavy (non-hydrogen) atoms. The number of benzene rings is 1. The van der Waals surface area contributed by atoms with Crippen molar-refractivity contribution in [3.63, 3.8) is 0 Å². The molecule has 1 atom stereocenters. The Kier molecular flexibility index (Phi) is 4.25. The Morgan fingerprint density at radius 3 is 2.70 bits per heavy atom. The predicted molar refractivity (Wildman–Crippen MR) is 82.2 cm³/mol. The quantitative estimate of drug-likeness (QED) is 0.883. The van der Waals surface area contributed by atoms with Crippen LogP contribution in [0, 0.1) is 6.92 Å². The molecule has 1 aromatic heterocycles. The number of pyridine rings is 1. The molecular weight excluding hydrogens is 274 g/mol. The maximum atomic E-state index is 12.3. The number of hydrogen-bond acceptors (Lipinski definition) is 4. The fourth-order valence-electron chi connectivity index (χ4n) is 2.08. The fourth-order valence-corrected chi connectivity index (χ4v) is 3.41. The highest BCUT2D eigenvalue weighted by atomic mass is 32.2. The molecule has 0 amide bonds. The van der Waals surface area contributed by atoms with Gasteiger partial charge < -0.3 is 5.73 Å². The molecule has 0 radical (unpaired) electrons. The van der Waals surface area contributed by atoms with Gasteiger partial charge in [-0.05, 0) is 25.5 Å². The third-order valence-corrected chi connectivity index (χ3v) is 5.18. The molecule has 5 nitrogen and oxygen atoms in total. The first-order valence-corrected chi connectivity index (χ1v) is 8.10. The molecule has 0 saturated carbocycles. The maximum absolute atomic E-state index is 12.3. The summed E-state index contributed by atoms with van der Waals surface area (Å²) in [6.07, 6.45) is 0.475. The standard InChI is InChI=1S/C14H19N3O2S/c1-3-12(9-15)20(18,19)17-13-6-4-5-11-8-7-10(2)16-14(11)13/h4-8,12,17H,3,9,15H2,1-2H3. The molecule has 1 aromatic carbocycles. The van der Waals surface area contributed by atoms with Gasteiger partial charge in [-0.1, -0.05) is 25.1 Å². The lowest BCUT2D eigenvalue weighted by Crippen LogP contribution is -2.33. The number of fused-ring (bicyclic) bond motifs is 1. The second-order valence-electron chi connectivity index (χ2n) is 4.74. The molecule has 1 unspecified atom stereocenters. The number of hydrogen-bond donors (Lipinski definition) is 2. The van der Waals surface area contributed by atoms with E-state index in [1.165, 1.54) is 0 Å². The third kappa shape index (κ3) is 2.91. The molecule has 0 aliphatic rings. The summed E-state index contributed by atoms with van der Waals surface area (Å²) < 4.78 is 27.2. The van der Waals surface area contributed by atoms with Crippen molar-refractivity contribution in [1.29, 1.82) is 0 Å². The van der Waals surface area contributed by atoms with Crippen molar-refractivity contribution in [3.8, 4) is 0 Å². The average molecular weight is 293 g/mol. The van der Waals surface area contributed by atoms with Crippen LogP contribution in [0.1, 0.15) is 19.0 Å². The summed E-state index contributed by atoms with van der Waals surface area (Å²) in [5.41, 5.74) is 7.52. The monoisotopic (exact) mass is 293 g/mol. The Balaban J connectivity index is 2.46. The topological polar surface area (TPSA) is 85.1 Å². The summed E-state index contributed by atoms with van der Waals surface area (Å²) >= 11 is 0. The van der Waals surface area contributed by atoms with Crippen LogP contribution in [0.25, 0.3) is 10.9 Å². The number of anilines is 1. The van der Waals surface area contributed by atoms with Crippen molar-refractivity contribution in [2.45, 2.75) is 25.5 Å². The first-order chi connectivity index (χ1) is 9.47. The van der Waals surface area contributed by atoms with E-state index in [0.29, 0.717) is 17.6 Å². The summed E-state index contributed by atoms with van der Waals surface area (Å²) in [6.45, 7) is 3.78. The SMILES string of the molecule is CCC(CN)S(=O)(=O)Nc1cccc2ccc(C)nc12. The minimum Gasteiger partial charge on any atom is -0.329 e. The van der Waals surface area contributed by atoms with E-state index in [0.717, 1.165) is 11.1 Å². The molecular formula is C14H19N3O2S. The highest BCUT2D eigenvalue weighted by Crippen LogP contribution is 2.23. The van der Waals surface area contributed by atoms with Gasteiger partial charge in [-0.3, -0.25) is 9.71 Å². The maximum Gasteiger partial charge on any atom is 0.236 e. The van der Waals surface area contributed by atoms with Gasteiger partial charge in [-0.2, -0.15) is 0 Å². The zero-order valence-corrected chi connectivity index (χ0v) is 12.4. The number of rotatable bonds is 5. The van der Waals surface area contributed by atoms with E-state index in [1.807, 2.05) is 32.0 Å². The number of nitrogens with two attached hydrogens (primary N) is 1. The highest BCUT2D eigenvalue weighted by Gasteiger charge is 2.23. The van der Waals surface area contributed by atoms with Crippen LogP contribution in [-0.2, 0) is 10.0 Å². The number of nitrogens with one attached hydrogen (secondary N) is 1. The van der Waals surface area contributed by atoms with Crippen molar-refractivity contribution in [2.75, 3.05) is 11.3 Å². The van der Waals surface area contributed by atoms with Gasteiger partial charge in [0, 0.05) is 17.6 Å². The van der Waals surface area contributed by atoms with Crippen LogP contribution >= 0.6 is 0 Å². The lowest BCUT2D eigenvalue weighted by molar-refractivity contribution is 0.581. The summed E-state index contributed by atoms with van der Waals surface area (Å²) in [5.74, 6) is 0. The Morgan fingerprint density at radius 2 is 2.05 bits per heavy atom. The molecule has 0 fully saturated rings. The summed E-state index contributed by atoms with van der Waals surface area (Å²) in [4.78, 5) is 4.41. The minimum absolute atomic E-state index is 0.100. The fraction of sp³-hybridized carbons (Fsp3) is 0.357. The normalized spacial score (nSPS) is 13.3. The molecule has 1 heterocycles. The molecule has 2 aromatic rings. The molecule has 0 bridgehead atoms. The average Bonchev–Trinajstić information content (AvgIpc) is 2.40. The van der Waals surface area contributed by atoms with Gasteiger partial charge in [0.05, 0.1) is 16.5 Å². The number of aryl methyl sites for hydroxylation is 1. The van der Waals surface area contributed by atoms with Gasteiger partial charge in [-0.25, -0.2) is 8.42 Å². The minimum atomic E-state index is -3.49. The number of nitrogens with zero attached hydrogens (tertiary/aromatic N) is 1. The third-order valence-electron chi connectivity index (χ3n) is 3.27. The van der Waals surface area contributed by atoms with Crippen LogP contribution in [0.2, 0.25) is 0 Å². The molecule has 2 rings (SSSR count). The Bertz CT molecular complexity index is 709. The van der Waals surface area contributed by atoms with E-state index >= 15 is 0 Å². The summed E-state index contributed by atoms with van der Waals surface area (Å²) in [7, 11) is -3.49. The van der Waals surface area contributed by atoms with Crippen LogP contribution in [0.15, 0.2) is 30.3 Å². The van der Waals surface area contributed by atoms with Crippen molar-refractivity contribution in [1.82, 2.24) is 4.98 Å². The van der Waals surface area contributed by atoms with Crippen LogP contribution in [-0.4, -0.2) is 25.2 Å². The van der Waals surface area contributed by atoms with Crippen molar-refractivity contribution in [3.05, 3.63) is 36.0 Å². The lowest BCUT2D eigenvalue weighted by atomic mass is 10.2. The summed E-state index contributed by atoms with van der Waals surface area (Å²) in [6, 6.07) is 9.25. The lowest BCUT2D eigenvalue weighted by Gasteiger charge is -2.16. The molecule has 3 N–H and O–H groups in total. The van der Waals surface area contributed by atoms with Crippen LogP contribution in [0.5, 0.6) is 0 Å². The number of para-hydroxylation sites is 1. The van der Waals surface area contributed by atoms with Gasteiger partial charge >= 0.3 is 0 Å². The van der Waals surface area contributed by atoms with Gasteiger partial charge in [0.2, 0.25) is 10.0 Å². The number of aromatic nitrogens is 1. The Labute approximate surface area is 119 Å². The molecule has 108 valence electrons. The molecule has 0 saturated heterocycles. The van der Waals surface area contributed by atoms with E-state index in [1.54, 1.807) is 12.1 Å². The van der Waals surface area contributed by atoms with Gasteiger partial charge in [0.25, 0.3) is 0 Å². The largest absolute Gasteiger partial charge is 0.329 e. The highest BCUT2D eigenvalue weighted by molar-refractivity contribution is 7.93. The van der Waals surface area contributed by atoms with E-state index in [2.05, 4.69) is 9.71 Å². The van der Waals surface area contributed by atoms with E-state index in [4.69, 9.17) is 5.73 Å². The Hall–Kier alpha value is -1.66. The molecule has 6 heteroatoms. The zero-order chi connectivity index (χ0) is 14.8. The van der Waals surface area contributed by atoms with Crippen molar-refractivity contribution < 1.29 is 8.42 Å². The van der Waals surface area contributed by atoms with E-state index < -0.39 is 15.3 Å². The number of sulfonamides is 1. The van der Waals surface area contributed by atoms with Crippen molar-refractivity contribution in [2.24, 2.45) is 5.73 Å². The van der Waals surface area contributed by atoms with Crippen LogP contribution < -0.4 is 10.5 Å². The predicted octanol–water partition coefficient (Wildman–Crippen LogP) is 2.02. The molecule has 0 aliphatic heterocycles. The van der Waals surface area contributed by atoms with Crippen LogP contribution in [0.3, 0.4) is 0 Å². The second-order valence-corrected chi connectivity index (χ2v) is 6.70. The first kappa shape index (κ1) is 14.7. The van der Waals surface area contributed by atoms with Gasteiger partial charge in [0.1, 0.15) is 0 Å². The van der Waals surface area contributed by atoms with Gasteiger partial charge in [0.15, 0.2) is 0 Å². The van der Waals surface area contributed by atoms with E-state index in [9.17, 15) is 8.42 Å². The Morgan fingerprint density at radius 1 is 1.30 bits per heavy atom. The van der Waals surface area contributed by atoms with Crippen molar-refractivity contribution >= 4 is 26.6 Å².